The minimum atomic E-state index is -0.193. The van der Waals surface area contributed by atoms with Crippen LogP contribution in [-0.4, -0.2) is 55.7 Å². The van der Waals surface area contributed by atoms with Crippen LogP contribution in [0.4, 0.5) is 5.69 Å². The van der Waals surface area contributed by atoms with Crippen LogP contribution >= 0.6 is 11.6 Å². The van der Waals surface area contributed by atoms with Crippen LogP contribution in [0.15, 0.2) is 36.4 Å². The number of hydrogen-bond acceptors (Lipinski definition) is 5. The number of benzene rings is 2. The van der Waals surface area contributed by atoms with Gasteiger partial charge in [-0.1, -0.05) is 17.7 Å². The van der Waals surface area contributed by atoms with Crippen LogP contribution in [0.25, 0.3) is 11.6 Å². The monoisotopic (exact) mass is 456 g/mol. The van der Waals surface area contributed by atoms with Crippen LogP contribution in [0, 0.1) is 0 Å². The highest BCUT2D eigenvalue weighted by Crippen LogP contribution is 2.36. The van der Waals surface area contributed by atoms with Crippen LogP contribution < -0.4 is 14.8 Å². The van der Waals surface area contributed by atoms with Gasteiger partial charge < -0.3 is 24.4 Å². The quantitative estimate of drug-likeness (QED) is 0.691. The van der Waals surface area contributed by atoms with E-state index in [0.717, 1.165) is 16.8 Å². The van der Waals surface area contributed by atoms with Crippen LogP contribution in [0.1, 0.15) is 25.0 Å². The van der Waals surface area contributed by atoms with Gasteiger partial charge in [-0.25, -0.2) is 0 Å². The molecule has 168 valence electrons. The first-order valence-electron chi connectivity index (χ1n) is 10.4. The Bertz CT molecular complexity index is 1070. The van der Waals surface area contributed by atoms with E-state index < -0.39 is 0 Å². The molecule has 8 heteroatoms. The van der Waals surface area contributed by atoms with Gasteiger partial charge in [0.25, 0.3) is 11.8 Å². The van der Waals surface area contributed by atoms with Crippen LogP contribution in [0.3, 0.4) is 0 Å². The smallest absolute Gasteiger partial charge is 0.260 e. The van der Waals surface area contributed by atoms with E-state index in [1.54, 1.807) is 41.3 Å². The Labute approximate surface area is 191 Å². The zero-order valence-corrected chi connectivity index (χ0v) is 18.9. The topological polar surface area (TPSA) is 77.1 Å². The summed E-state index contributed by atoms with van der Waals surface area (Å²) in [5.41, 5.74) is 2.75. The summed E-state index contributed by atoms with van der Waals surface area (Å²) in [5, 5.41) is 3.39. The van der Waals surface area contributed by atoms with Gasteiger partial charge in [0.2, 0.25) is 0 Å². The third-order valence-electron chi connectivity index (χ3n) is 5.39. The second-order valence-electron chi connectivity index (χ2n) is 7.96. The molecular weight excluding hydrogens is 432 g/mol. The Hall–Kier alpha value is -3.03. The van der Waals surface area contributed by atoms with Gasteiger partial charge in [0, 0.05) is 34.9 Å². The molecule has 32 heavy (non-hydrogen) atoms. The Morgan fingerprint density at radius 1 is 1.19 bits per heavy atom. The molecule has 2 unspecified atom stereocenters. The summed E-state index contributed by atoms with van der Waals surface area (Å²) in [6.45, 7) is 4.89. The van der Waals surface area contributed by atoms with Crippen molar-refractivity contribution in [2.24, 2.45) is 0 Å². The number of anilines is 1. The lowest BCUT2D eigenvalue weighted by molar-refractivity contribution is -0.145. The highest BCUT2D eigenvalue weighted by molar-refractivity contribution is 6.36. The molecule has 0 bridgehead atoms. The Balaban J connectivity index is 1.49. The van der Waals surface area contributed by atoms with E-state index in [1.807, 2.05) is 19.9 Å². The summed E-state index contributed by atoms with van der Waals surface area (Å²) < 4.78 is 16.9. The van der Waals surface area contributed by atoms with Crippen molar-refractivity contribution in [3.05, 3.63) is 52.5 Å². The lowest BCUT2D eigenvalue weighted by atomic mass is 10.0. The first kappa shape index (κ1) is 22.2. The minimum Gasteiger partial charge on any atom is -0.493 e. The first-order chi connectivity index (χ1) is 15.3. The Morgan fingerprint density at radius 2 is 1.94 bits per heavy atom. The number of hydrogen-bond donors (Lipinski definition) is 1. The zero-order chi connectivity index (χ0) is 22.8. The van der Waals surface area contributed by atoms with Crippen molar-refractivity contribution in [3.8, 4) is 11.5 Å². The lowest BCUT2D eigenvalue weighted by Gasteiger charge is -2.35. The van der Waals surface area contributed by atoms with E-state index in [-0.39, 0.29) is 30.6 Å². The van der Waals surface area contributed by atoms with E-state index in [1.165, 1.54) is 7.11 Å². The molecule has 1 N–H and O–H groups in total. The van der Waals surface area contributed by atoms with Crippen LogP contribution in [0.5, 0.6) is 11.5 Å². The number of rotatable bonds is 5. The van der Waals surface area contributed by atoms with E-state index in [0.29, 0.717) is 35.2 Å². The van der Waals surface area contributed by atoms with Gasteiger partial charge in [0.1, 0.15) is 0 Å². The number of amides is 2. The highest BCUT2D eigenvalue weighted by Gasteiger charge is 2.27. The number of morpholine rings is 1. The van der Waals surface area contributed by atoms with E-state index in [2.05, 4.69) is 5.32 Å². The van der Waals surface area contributed by atoms with Gasteiger partial charge in [0.05, 0.1) is 19.3 Å². The molecule has 0 spiro atoms. The third kappa shape index (κ3) is 4.74. The molecule has 2 amide bonds. The molecule has 1 fully saturated rings. The van der Waals surface area contributed by atoms with Crippen molar-refractivity contribution in [2.45, 2.75) is 26.1 Å². The maximum absolute atomic E-state index is 12.6. The second-order valence-corrected chi connectivity index (χ2v) is 8.39. The number of methoxy groups -OCH3 is 1. The fourth-order valence-electron chi connectivity index (χ4n) is 3.98. The number of carbonyl (C=O) groups excluding carboxylic acids is 2. The average molecular weight is 457 g/mol. The molecule has 2 aliphatic heterocycles. The maximum Gasteiger partial charge on any atom is 0.260 e. The van der Waals surface area contributed by atoms with E-state index in [4.69, 9.17) is 25.8 Å². The van der Waals surface area contributed by atoms with Gasteiger partial charge in [0.15, 0.2) is 18.1 Å². The number of halogens is 1. The number of nitrogens with one attached hydrogen (secondary N) is 1. The summed E-state index contributed by atoms with van der Waals surface area (Å²) in [6.07, 6.45) is 1.76. The van der Waals surface area contributed by atoms with Crippen molar-refractivity contribution in [2.75, 3.05) is 32.1 Å². The van der Waals surface area contributed by atoms with Gasteiger partial charge in [-0.15, -0.1) is 0 Å². The van der Waals surface area contributed by atoms with E-state index in [9.17, 15) is 9.59 Å². The summed E-state index contributed by atoms with van der Waals surface area (Å²) in [6, 6.07) is 10.6. The van der Waals surface area contributed by atoms with Gasteiger partial charge in [-0.3, -0.25) is 9.59 Å². The number of nitrogens with zero attached hydrogens (tertiary/aromatic N) is 1. The lowest BCUT2D eigenvalue weighted by Crippen LogP contribution is -2.49. The number of ether oxygens (including phenoxy) is 3. The molecule has 2 atom stereocenters. The molecular formula is C24H25ClN2O5. The van der Waals surface area contributed by atoms with Gasteiger partial charge >= 0.3 is 0 Å². The molecule has 0 aliphatic carbocycles. The normalized spacial score (nSPS) is 21.3. The highest BCUT2D eigenvalue weighted by atomic mass is 35.5. The summed E-state index contributed by atoms with van der Waals surface area (Å²) in [7, 11) is 1.53. The fourth-order valence-corrected chi connectivity index (χ4v) is 4.15. The molecule has 2 aromatic carbocycles. The largest absolute Gasteiger partial charge is 0.493 e. The van der Waals surface area contributed by atoms with Gasteiger partial charge in [-0.2, -0.15) is 0 Å². The zero-order valence-electron chi connectivity index (χ0n) is 18.2. The molecule has 2 aliphatic rings. The standard InChI is InChI=1S/C24H25ClN2O5/c1-14-11-27(12-15(2)32-14)23(28)13-31-21-7-4-16(9-22(21)30-3)8-19-18-10-17(25)5-6-20(18)26-24(19)29/h4-10,14-15H,11-13H2,1-3H3,(H,26,29)/b19-8-. The first-order valence-corrected chi connectivity index (χ1v) is 10.8. The van der Waals surface area contributed by atoms with Crippen molar-refractivity contribution in [3.63, 3.8) is 0 Å². The molecule has 2 heterocycles. The molecule has 2 aromatic rings. The predicted molar refractivity (Wildman–Crippen MR) is 123 cm³/mol. The van der Waals surface area contributed by atoms with Crippen molar-refractivity contribution >= 4 is 40.8 Å². The van der Waals surface area contributed by atoms with Crippen LogP contribution in [-0.2, 0) is 14.3 Å². The SMILES string of the molecule is COc1cc(/C=C2\C(=O)Nc3ccc(Cl)cc32)ccc1OCC(=O)N1CC(C)OC(C)C1. The van der Waals surface area contributed by atoms with Crippen molar-refractivity contribution in [1.29, 1.82) is 0 Å². The van der Waals surface area contributed by atoms with Crippen molar-refractivity contribution in [1.82, 2.24) is 4.90 Å². The molecule has 0 saturated carbocycles. The molecule has 7 nitrogen and oxygen atoms in total. The number of carbonyl (C=O) groups is 2. The fraction of sp³-hybridized carbons (Fsp3) is 0.333. The second kappa shape index (κ2) is 9.22. The minimum absolute atomic E-state index is 0.00245. The molecule has 4 rings (SSSR count). The molecule has 0 aromatic heterocycles. The predicted octanol–water partition coefficient (Wildman–Crippen LogP) is 3.86. The Morgan fingerprint density at radius 3 is 2.66 bits per heavy atom. The Kier molecular flexibility index (Phi) is 6.39. The molecule has 0 radical (unpaired) electrons. The van der Waals surface area contributed by atoms with Crippen molar-refractivity contribution < 1.29 is 23.8 Å². The summed E-state index contributed by atoms with van der Waals surface area (Å²) >= 11 is 6.10. The average Bonchev–Trinajstić information content (AvgIpc) is 3.06. The maximum atomic E-state index is 12.6. The summed E-state index contributed by atoms with van der Waals surface area (Å²) in [4.78, 5) is 26.7. The summed E-state index contributed by atoms with van der Waals surface area (Å²) in [5.74, 6) is 0.634. The number of fused-ring (bicyclic) bond motifs is 1. The third-order valence-corrected chi connectivity index (χ3v) is 5.62. The van der Waals surface area contributed by atoms with Gasteiger partial charge in [-0.05, 0) is 55.8 Å². The van der Waals surface area contributed by atoms with Crippen LogP contribution in [0.2, 0.25) is 5.02 Å². The van der Waals surface area contributed by atoms with E-state index >= 15 is 0 Å². The molecule has 1 saturated heterocycles.